The number of hydrogen-bond donors (Lipinski definition) is 2. The van der Waals surface area contributed by atoms with E-state index >= 15 is 0 Å². The highest BCUT2D eigenvalue weighted by Crippen LogP contribution is 2.23. The first-order valence-corrected chi connectivity index (χ1v) is 10.5. The monoisotopic (exact) mass is 497 g/mol. The van der Waals surface area contributed by atoms with Crippen LogP contribution in [0.15, 0.2) is 39.3 Å². The summed E-state index contributed by atoms with van der Waals surface area (Å²) in [7, 11) is 0. The quantitative estimate of drug-likeness (QED) is 0.502. The van der Waals surface area contributed by atoms with E-state index in [9.17, 15) is 0 Å². The highest BCUT2D eigenvalue weighted by Gasteiger charge is 2.22. The molecule has 0 spiro atoms. The molecule has 1 aromatic carbocycles. The number of nitrogens with one attached hydrogen (secondary N) is 2. The van der Waals surface area contributed by atoms with Gasteiger partial charge in [0.2, 0.25) is 5.95 Å². The van der Waals surface area contributed by atoms with E-state index in [2.05, 4.69) is 69.2 Å². The van der Waals surface area contributed by atoms with Crippen LogP contribution >= 0.6 is 43.5 Å². The summed E-state index contributed by atoms with van der Waals surface area (Å²) in [6.07, 6.45) is 2.29. The molecular formula is C18H18Br2ClN5. The Morgan fingerprint density at radius 3 is 2.81 bits per heavy atom. The molecule has 26 heavy (non-hydrogen) atoms. The Morgan fingerprint density at radius 1 is 1.19 bits per heavy atom. The molecule has 0 saturated carbocycles. The van der Waals surface area contributed by atoms with Crippen molar-refractivity contribution in [1.82, 2.24) is 20.3 Å². The molecule has 0 aliphatic carbocycles. The Kier molecular flexibility index (Phi) is 5.50. The second-order valence-corrected chi connectivity index (χ2v) is 8.73. The van der Waals surface area contributed by atoms with Gasteiger partial charge in [-0.25, -0.2) is 4.98 Å². The lowest BCUT2D eigenvalue weighted by atomic mass is 10.1. The van der Waals surface area contributed by atoms with Crippen LogP contribution in [0, 0.1) is 0 Å². The van der Waals surface area contributed by atoms with Crippen LogP contribution in [0.5, 0.6) is 0 Å². The number of rotatable bonds is 4. The van der Waals surface area contributed by atoms with Gasteiger partial charge in [0.1, 0.15) is 5.15 Å². The minimum Gasteiger partial charge on any atom is -0.341 e. The molecule has 136 valence electrons. The fraction of sp³-hybridized carbons (Fsp3) is 0.333. The maximum atomic E-state index is 5.96. The van der Waals surface area contributed by atoms with Gasteiger partial charge in [0.15, 0.2) is 5.65 Å². The lowest BCUT2D eigenvalue weighted by Crippen LogP contribution is -2.45. The van der Waals surface area contributed by atoms with Gasteiger partial charge in [-0.15, -0.1) is 0 Å². The van der Waals surface area contributed by atoms with Gasteiger partial charge in [0.25, 0.3) is 0 Å². The van der Waals surface area contributed by atoms with Crippen molar-refractivity contribution in [2.75, 3.05) is 18.0 Å². The summed E-state index contributed by atoms with van der Waals surface area (Å²) >= 11 is 13.1. The smallest absolute Gasteiger partial charge is 0.205 e. The summed E-state index contributed by atoms with van der Waals surface area (Å²) in [5.41, 5.74) is 2.84. The largest absolute Gasteiger partial charge is 0.341 e. The van der Waals surface area contributed by atoms with Crippen LogP contribution in [-0.2, 0) is 6.54 Å². The molecule has 2 N–H and O–H groups in total. The average Bonchev–Trinajstić information content (AvgIpc) is 3.03. The first-order valence-electron chi connectivity index (χ1n) is 8.52. The predicted octanol–water partition coefficient (Wildman–Crippen LogP) is 4.89. The van der Waals surface area contributed by atoms with Crippen LogP contribution in [0.1, 0.15) is 18.4 Å². The summed E-state index contributed by atoms with van der Waals surface area (Å²) < 4.78 is 2.17. The molecule has 0 amide bonds. The third kappa shape index (κ3) is 4.22. The molecule has 1 aliphatic heterocycles. The van der Waals surface area contributed by atoms with Crippen LogP contribution in [0.4, 0.5) is 5.95 Å². The summed E-state index contributed by atoms with van der Waals surface area (Å²) in [5, 5.41) is 4.14. The zero-order chi connectivity index (χ0) is 18.1. The number of benzene rings is 1. The summed E-state index contributed by atoms with van der Waals surface area (Å²) in [5.74, 6) is 0.867. The van der Waals surface area contributed by atoms with E-state index in [1.54, 1.807) is 6.07 Å². The Bertz CT molecular complexity index is 909. The zero-order valence-corrected chi connectivity index (χ0v) is 17.9. The molecule has 0 bridgehead atoms. The number of piperidine rings is 1. The van der Waals surface area contributed by atoms with E-state index in [0.29, 0.717) is 16.8 Å². The SMILES string of the molecule is Clc1ccc2[nH]c(N3CCC[C@H](NCc4cc(Br)cc(Br)c4)C3)nc2n1. The van der Waals surface area contributed by atoms with Crippen molar-refractivity contribution in [3.05, 3.63) is 50.0 Å². The fourth-order valence-corrected chi connectivity index (χ4v) is 4.85. The fourth-order valence-electron chi connectivity index (χ4n) is 3.32. The summed E-state index contributed by atoms with van der Waals surface area (Å²) in [6, 6.07) is 10.5. The molecule has 8 heteroatoms. The predicted molar refractivity (Wildman–Crippen MR) is 113 cm³/mol. The first kappa shape index (κ1) is 18.2. The number of aromatic amines is 1. The van der Waals surface area contributed by atoms with Gasteiger partial charge in [0, 0.05) is 34.6 Å². The number of imidazole rings is 1. The Labute approximate surface area is 173 Å². The topological polar surface area (TPSA) is 56.8 Å². The van der Waals surface area contributed by atoms with Gasteiger partial charge in [-0.2, -0.15) is 4.98 Å². The molecule has 0 radical (unpaired) electrons. The highest BCUT2D eigenvalue weighted by molar-refractivity contribution is 9.11. The van der Waals surface area contributed by atoms with E-state index < -0.39 is 0 Å². The number of aromatic nitrogens is 3. The third-order valence-electron chi connectivity index (χ3n) is 4.54. The van der Waals surface area contributed by atoms with Gasteiger partial charge >= 0.3 is 0 Å². The van der Waals surface area contributed by atoms with Gasteiger partial charge in [0.05, 0.1) is 5.52 Å². The standard InChI is InChI=1S/C18H18Br2ClN5/c19-12-6-11(7-13(20)8-12)9-22-14-2-1-5-26(10-14)18-23-15-3-4-16(21)24-17(15)25-18/h3-4,6-8,14,22H,1-2,5,9-10H2,(H,23,24,25)/t14-/m0/s1. The van der Waals surface area contributed by atoms with Gasteiger partial charge in [-0.3, -0.25) is 0 Å². The molecular weight excluding hydrogens is 481 g/mol. The molecule has 1 saturated heterocycles. The molecule has 3 heterocycles. The molecule has 1 atom stereocenters. The maximum Gasteiger partial charge on any atom is 0.205 e. The lowest BCUT2D eigenvalue weighted by Gasteiger charge is -2.33. The number of H-pyrrole nitrogens is 1. The number of pyridine rings is 1. The zero-order valence-electron chi connectivity index (χ0n) is 14.0. The molecule has 1 aliphatic rings. The van der Waals surface area contributed by atoms with Crippen LogP contribution < -0.4 is 10.2 Å². The van der Waals surface area contributed by atoms with Crippen molar-refractivity contribution < 1.29 is 0 Å². The van der Waals surface area contributed by atoms with Gasteiger partial charge in [-0.1, -0.05) is 43.5 Å². The van der Waals surface area contributed by atoms with E-state index in [0.717, 1.165) is 52.9 Å². The van der Waals surface area contributed by atoms with Crippen molar-refractivity contribution >= 4 is 60.6 Å². The van der Waals surface area contributed by atoms with Crippen LogP contribution in [0.2, 0.25) is 5.15 Å². The number of anilines is 1. The molecule has 4 rings (SSSR count). The Hall–Kier alpha value is -1.15. The van der Waals surface area contributed by atoms with Gasteiger partial charge < -0.3 is 15.2 Å². The minimum atomic E-state index is 0.422. The summed E-state index contributed by atoms with van der Waals surface area (Å²) in [4.78, 5) is 14.5. The van der Waals surface area contributed by atoms with Crippen molar-refractivity contribution in [1.29, 1.82) is 0 Å². The Morgan fingerprint density at radius 2 is 2.00 bits per heavy atom. The molecule has 3 aromatic rings. The van der Waals surface area contributed by atoms with Crippen LogP contribution in [-0.4, -0.2) is 34.1 Å². The van der Waals surface area contributed by atoms with Gasteiger partial charge in [-0.05, 0) is 48.7 Å². The van der Waals surface area contributed by atoms with Crippen LogP contribution in [0.25, 0.3) is 11.2 Å². The molecule has 2 aromatic heterocycles. The first-order chi connectivity index (χ1) is 12.6. The minimum absolute atomic E-state index is 0.422. The van der Waals surface area contributed by atoms with E-state index in [1.165, 1.54) is 5.56 Å². The summed E-state index contributed by atoms with van der Waals surface area (Å²) in [6.45, 7) is 2.75. The second kappa shape index (κ2) is 7.84. The number of fused-ring (bicyclic) bond motifs is 1. The third-order valence-corrected chi connectivity index (χ3v) is 5.66. The van der Waals surface area contributed by atoms with Crippen molar-refractivity contribution in [2.24, 2.45) is 0 Å². The number of hydrogen-bond acceptors (Lipinski definition) is 4. The molecule has 1 fully saturated rings. The molecule has 5 nitrogen and oxygen atoms in total. The maximum absolute atomic E-state index is 5.96. The average molecular weight is 500 g/mol. The van der Waals surface area contributed by atoms with E-state index in [-0.39, 0.29) is 0 Å². The van der Waals surface area contributed by atoms with Crippen molar-refractivity contribution in [2.45, 2.75) is 25.4 Å². The van der Waals surface area contributed by atoms with Crippen molar-refractivity contribution in [3.8, 4) is 0 Å². The number of halogens is 3. The van der Waals surface area contributed by atoms with Crippen LogP contribution in [0.3, 0.4) is 0 Å². The highest BCUT2D eigenvalue weighted by atomic mass is 79.9. The molecule has 0 unspecified atom stereocenters. The number of nitrogens with zero attached hydrogens (tertiary/aromatic N) is 3. The van der Waals surface area contributed by atoms with E-state index in [4.69, 9.17) is 11.6 Å². The lowest BCUT2D eigenvalue weighted by molar-refractivity contribution is 0.419. The second-order valence-electron chi connectivity index (χ2n) is 6.51. The van der Waals surface area contributed by atoms with Crippen molar-refractivity contribution in [3.63, 3.8) is 0 Å². The normalized spacial score (nSPS) is 17.8. The van der Waals surface area contributed by atoms with E-state index in [1.807, 2.05) is 12.1 Å². The Balaban J connectivity index is 1.43.